The summed E-state index contributed by atoms with van der Waals surface area (Å²) < 4.78 is -0.673. The Morgan fingerprint density at radius 1 is 1.20 bits per heavy atom. The molecule has 3 atom stereocenters. The molecule has 0 radical (unpaired) electrons. The topological polar surface area (TPSA) is 112 Å². The van der Waals surface area contributed by atoms with Crippen molar-refractivity contribution in [3.05, 3.63) is 0 Å². The number of alkyl halides is 1. The summed E-state index contributed by atoms with van der Waals surface area (Å²) in [5, 5.41) is 0. The number of Topliss-reactive ketones (excluding diaryl/α,β-unsaturated/α-hetero) is 2. The maximum Gasteiger partial charge on any atom is 0.185 e. The first-order valence-electron chi connectivity index (χ1n) is 4.92. The number of hydrogen-bond acceptors (Lipinski definition) is 5. The molecule has 3 unspecified atom stereocenters. The molecule has 0 spiro atoms. The van der Waals surface area contributed by atoms with Gasteiger partial charge in [0, 0.05) is 5.92 Å². The Balaban J connectivity index is 2.44. The van der Waals surface area contributed by atoms with E-state index >= 15 is 0 Å². The summed E-state index contributed by atoms with van der Waals surface area (Å²) >= 11 is 2.04. The summed E-state index contributed by atoms with van der Waals surface area (Å²) in [4.78, 5) is 23.8. The molecule has 5 nitrogen and oxygen atoms in total. The first kappa shape index (κ1) is 11.4. The maximum absolute atomic E-state index is 11.9. The first-order chi connectivity index (χ1) is 6.78. The van der Waals surface area contributed by atoms with E-state index in [1.165, 1.54) is 0 Å². The molecule has 15 heavy (non-hydrogen) atoms. The molecule has 2 saturated carbocycles. The van der Waals surface area contributed by atoms with Crippen molar-refractivity contribution in [3.63, 3.8) is 0 Å². The molecule has 0 aromatic heterocycles. The minimum atomic E-state index is -1.81. The Morgan fingerprint density at radius 2 is 1.80 bits per heavy atom. The number of ketones is 2. The van der Waals surface area contributed by atoms with E-state index in [-0.39, 0.29) is 11.7 Å². The van der Waals surface area contributed by atoms with E-state index in [2.05, 4.69) is 0 Å². The highest BCUT2D eigenvalue weighted by Crippen LogP contribution is 2.47. The molecule has 0 heterocycles. The SMILES string of the molecule is NC1(N)C(=O)C2CCCC(N)(I)C2C1=O. The average molecular weight is 323 g/mol. The fraction of sp³-hybridized carbons (Fsp3) is 0.778. The van der Waals surface area contributed by atoms with E-state index < -0.39 is 20.9 Å². The molecule has 84 valence electrons. The predicted octanol–water partition coefficient (Wildman–Crippen LogP) is -0.742. The van der Waals surface area contributed by atoms with Crippen LogP contribution in [0.5, 0.6) is 0 Å². The summed E-state index contributed by atoms with van der Waals surface area (Å²) in [6.45, 7) is 0. The lowest BCUT2D eigenvalue weighted by Gasteiger charge is -2.36. The third-order valence-corrected chi connectivity index (χ3v) is 4.64. The van der Waals surface area contributed by atoms with Gasteiger partial charge in [-0.15, -0.1) is 0 Å². The molecule has 2 fully saturated rings. The van der Waals surface area contributed by atoms with E-state index in [4.69, 9.17) is 17.2 Å². The Kier molecular flexibility index (Phi) is 2.46. The van der Waals surface area contributed by atoms with Crippen molar-refractivity contribution in [3.8, 4) is 0 Å². The lowest BCUT2D eigenvalue weighted by atomic mass is 9.78. The van der Waals surface area contributed by atoms with E-state index in [1.54, 1.807) is 0 Å². The van der Waals surface area contributed by atoms with Gasteiger partial charge in [-0.2, -0.15) is 0 Å². The molecule has 6 heteroatoms. The second kappa shape index (κ2) is 3.22. The van der Waals surface area contributed by atoms with Crippen molar-refractivity contribution in [1.29, 1.82) is 0 Å². The van der Waals surface area contributed by atoms with Crippen LogP contribution in [-0.2, 0) is 9.59 Å². The third kappa shape index (κ3) is 1.46. The van der Waals surface area contributed by atoms with Crippen molar-refractivity contribution in [2.75, 3.05) is 0 Å². The molecule has 0 aromatic rings. The molecular weight excluding hydrogens is 309 g/mol. The van der Waals surface area contributed by atoms with Crippen LogP contribution in [0.3, 0.4) is 0 Å². The number of hydrogen-bond donors (Lipinski definition) is 3. The fourth-order valence-electron chi connectivity index (χ4n) is 2.62. The number of halogens is 1. The Morgan fingerprint density at radius 3 is 2.33 bits per heavy atom. The highest BCUT2D eigenvalue weighted by atomic mass is 127. The lowest BCUT2D eigenvalue weighted by Crippen LogP contribution is -2.60. The number of carbonyl (C=O) groups excluding carboxylic acids is 2. The van der Waals surface area contributed by atoms with Gasteiger partial charge in [-0.1, -0.05) is 29.0 Å². The molecule has 0 aliphatic heterocycles. The monoisotopic (exact) mass is 323 g/mol. The van der Waals surface area contributed by atoms with Crippen molar-refractivity contribution in [2.24, 2.45) is 29.0 Å². The van der Waals surface area contributed by atoms with E-state index in [0.29, 0.717) is 6.42 Å². The molecule has 0 saturated heterocycles. The van der Waals surface area contributed by atoms with Crippen molar-refractivity contribution in [2.45, 2.75) is 28.5 Å². The van der Waals surface area contributed by atoms with Crippen LogP contribution < -0.4 is 17.2 Å². The van der Waals surface area contributed by atoms with Gasteiger partial charge in [-0.25, -0.2) is 0 Å². The van der Waals surface area contributed by atoms with Gasteiger partial charge in [-0.05, 0) is 12.8 Å². The largest absolute Gasteiger partial charge is 0.316 e. The minimum Gasteiger partial charge on any atom is -0.316 e. The van der Waals surface area contributed by atoms with Crippen LogP contribution in [0.2, 0.25) is 0 Å². The van der Waals surface area contributed by atoms with E-state index in [0.717, 1.165) is 12.8 Å². The smallest absolute Gasteiger partial charge is 0.185 e. The van der Waals surface area contributed by atoms with Crippen LogP contribution in [0.1, 0.15) is 19.3 Å². The van der Waals surface area contributed by atoms with Crippen LogP contribution in [0, 0.1) is 11.8 Å². The van der Waals surface area contributed by atoms with Crippen LogP contribution >= 0.6 is 22.6 Å². The van der Waals surface area contributed by atoms with Crippen molar-refractivity contribution in [1.82, 2.24) is 0 Å². The Hall–Kier alpha value is -0.0500. The van der Waals surface area contributed by atoms with Gasteiger partial charge >= 0.3 is 0 Å². The molecular formula is C9H14IN3O2. The highest BCUT2D eigenvalue weighted by molar-refractivity contribution is 14.1. The van der Waals surface area contributed by atoms with Gasteiger partial charge in [0.05, 0.1) is 9.46 Å². The summed E-state index contributed by atoms with van der Waals surface area (Å²) in [5.41, 5.74) is 15.4. The van der Waals surface area contributed by atoms with E-state index in [9.17, 15) is 9.59 Å². The standard InChI is InChI=1S/C9H14IN3O2/c10-8(11)3-1-2-4-5(8)7(15)9(12,13)6(4)14/h4-5H,1-3,11-13H2. The second-order valence-corrected chi connectivity index (χ2v) is 6.51. The Labute approximate surface area is 101 Å². The molecule has 2 rings (SSSR count). The van der Waals surface area contributed by atoms with Crippen LogP contribution in [0.4, 0.5) is 0 Å². The van der Waals surface area contributed by atoms with Gasteiger partial charge in [0.25, 0.3) is 0 Å². The minimum absolute atomic E-state index is 0.344. The molecule has 0 aromatic carbocycles. The molecule has 6 N–H and O–H groups in total. The maximum atomic E-state index is 11.9. The normalized spacial score (nSPS) is 44.3. The second-order valence-electron chi connectivity index (χ2n) is 4.50. The van der Waals surface area contributed by atoms with E-state index in [1.807, 2.05) is 22.6 Å². The molecule has 2 aliphatic rings. The van der Waals surface area contributed by atoms with Gasteiger partial charge in [-0.3, -0.25) is 9.59 Å². The molecule has 0 bridgehead atoms. The summed E-state index contributed by atoms with van der Waals surface area (Å²) in [6, 6.07) is 0. The fourth-order valence-corrected chi connectivity index (χ4v) is 3.72. The zero-order valence-electron chi connectivity index (χ0n) is 8.20. The number of carbonyl (C=O) groups is 2. The number of fused-ring (bicyclic) bond motifs is 1. The predicted molar refractivity (Wildman–Crippen MR) is 62.9 cm³/mol. The summed E-state index contributed by atoms with van der Waals surface area (Å²) in [5.74, 6) is -1.62. The highest BCUT2D eigenvalue weighted by Gasteiger charge is 2.62. The Bertz CT molecular complexity index is 340. The van der Waals surface area contributed by atoms with Crippen LogP contribution in [-0.4, -0.2) is 20.8 Å². The third-order valence-electron chi connectivity index (χ3n) is 3.43. The van der Waals surface area contributed by atoms with Crippen LogP contribution in [0.25, 0.3) is 0 Å². The number of rotatable bonds is 0. The molecule has 2 aliphatic carbocycles. The zero-order valence-corrected chi connectivity index (χ0v) is 10.4. The van der Waals surface area contributed by atoms with Crippen molar-refractivity contribution < 1.29 is 9.59 Å². The first-order valence-corrected chi connectivity index (χ1v) is 6.00. The van der Waals surface area contributed by atoms with Gasteiger partial charge in [0.2, 0.25) is 0 Å². The summed E-state index contributed by atoms with van der Waals surface area (Å²) in [7, 11) is 0. The van der Waals surface area contributed by atoms with Crippen LogP contribution in [0.15, 0.2) is 0 Å². The van der Waals surface area contributed by atoms with Gasteiger partial charge in [0.1, 0.15) is 0 Å². The van der Waals surface area contributed by atoms with Gasteiger partial charge in [0.15, 0.2) is 17.2 Å². The number of nitrogens with two attached hydrogens (primary N) is 3. The molecule has 0 amide bonds. The average Bonchev–Trinajstić information content (AvgIpc) is 2.28. The quantitative estimate of drug-likeness (QED) is 0.179. The summed E-state index contributed by atoms with van der Waals surface area (Å²) in [6.07, 6.45) is 2.24. The lowest BCUT2D eigenvalue weighted by molar-refractivity contribution is -0.130. The van der Waals surface area contributed by atoms with Gasteiger partial charge < -0.3 is 17.2 Å². The zero-order chi connectivity index (χ0) is 11.4. The van der Waals surface area contributed by atoms with Crippen molar-refractivity contribution >= 4 is 34.2 Å².